The number of aromatic nitrogens is 1. The molecule has 0 aliphatic carbocycles. The number of thiazole rings is 1. The van der Waals surface area contributed by atoms with Gasteiger partial charge in [-0.1, -0.05) is 61.8 Å². The Morgan fingerprint density at radius 3 is 2.56 bits per heavy atom. The van der Waals surface area contributed by atoms with E-state index in [1.54, 1.807) is 38.1 Å². The molecule has 1 aliphatic rings. The quantitative estimate of drug-likeness (QED) is 0.167. The summed E-state index contributed by atoms with van der Waals surface area (Å²) in [6.07, 6.45) is 4.44. The second kappa shape index (κ2) is 11.4. The number of fused-ring (bicyclic) bond motifs is 2. The molecular weight excluding hydrogens is 516 g/mol. The summed E-state index contributed by atoms with van der Waals surface area (Å²) in [5.41, 5.74) is 1.46. The van der Waals surface area contributed by atoms with Crippen molar-refractivity contribution in [1.82, 2.24) is 4.98 Å². The van der Waals surface area contributed by atoms with E-state index in [9.17, 15) is 14.4 Å². The number of amides is 1. The van der Waals surface area contributed by atoms with Crippen LogP contribution < -0.4 is 15.1 Å². The monoisotopic (exact) mass is 546 g/mol. The van der Waals surface area contributed by atoms with Gasteiger partial charge in [-0.05, 0) is 50.1 Å². The number of para-hydroxylation sites is 1. The number of nitrogens with zero attached hydrogens (tertiary/aromatic N) is 2. The Morgan fingerprint density at radius 2 is 1.82 bits per heavy atom. The van der Waals surface area contributed by atoms with Crippen LogP contribution in [0.25, 0.3) is 11.0 Å². The van der Waals surface area contributed by atoms with Crippen LogP contribution in [0.15, 0.2) is 57.7 Å². The smallest absolute Gasteiger partial charge is 0.350 e. The molecule has 3 heterocycles. The van der Waals surface area contributed by atoms with Crippen LogP contribution in [0.4, 0.5) is 5.13 Å². The number of ether oxygens (including phenoxy) is 2. The van der Waals surface area contributed by atoms with Crippen molar-refractivity contribution in [2.45, 2.75) is 52.5 Å². The lowest BCUT2D eigenvalue weighted by molar-refractivity contribution is 0.0531. The van der Waals surface area contributed by atoms with Gasteiger partial charge >= 0.3 is 5.97 Å². The van der Waals surface area contributed by atoms with Crippen LogP contribution >= 0.6 is 11.3 Å². The molecule has 0 saturated heterocycles. The summed E-state index contributed by atoms with van der Waals surface area (Å²) in [6.45, 7) is 6.44. The molecule has 9 heteroatoms. The van der Waals surface area contributed by atoms with E-state index < -0.39 is 17.9 Å². The molecular formula is C30H30N2O6S. The number of carbonyl (C=O) groups excluding carboxylic acids is 2. The number of benzene rings is 2. The Balaban J connectivity index is 1.57. The molecule has 39 heavy (non-hydrogen) atoms. The van der Waals surface area contributed by atoms with Crippen LogP contribution in [0.5, 0.6) is 5.75 Å². The maximum absolute atomic E-state index is 13.8. The molecule has 0 fully saturated rings. The van der Waals surface area contributed by atoms with Crippen LogP contribution in [-0.4, -0.2) is 30.1 Å². The molecule has 1 amide bonds. The lowest BCUT2D eigenvalue weighted by Crippen LogP contribution is -2.29. The highest BCUT2D eigenvalue weighted by Gasteiger charge is 2.45. The van der Waals surface area contributed by atoms with Crippen LogP contribution in [-0.2, 0) is 4.74 Å². The minimum Gasteiger partial charge on any atom is -0.494 e. The number of hydrogen-bond donors (Lipinski definition) is 0. The van der Waals surface area contributed by atoms with Crippen molar-refractivity contribution >= 4 is 39.3 Å². The van der Waals surface area contributed by atoms with Crippen LogP contribution in [0.1, 0.15) is 82.6 Å². The summed E-state index contributed by atoms with van der Waals surface area (Å²) < 4.78 is 17.1. The molecule has 0 N–H and O–H groups in total. The van der Waals surface area contributed by atoms with E-state index in [2.05, 4.69) is 11.9 Å². The molecule has 1 unspecified atom stereocenters. The molecule has 5 rings (SSSR count). The minimum absolute atomic E-state index is 0.0227. The zero-order valence-electron chi connectivity index (χ0n) is 22.2. The van der Waals surface area contributed by atoms with E-state index >= 15 is 0 Å². The van der Waals surface area contributed by atoms with Gasteiger partial charge in [-0.2, -0.15) is 0 Å². The zero-order chi connectivity index (χ0) is 27.5. The minimum atomic E-state index is -0.785. The first-order chi connectivity index (χ1) is 18.9. The van der Waals surface area contributed by atoms with E-state index in [0.29, 0.717) is 39.5 Å². The fourth-order valence-corrected chi connectivity index (χ4v) is 5.76. The molecule has 0 spiro atoms. The first-order valence-electron chi connectivity index (χ1n) is 13.2. The Hall–Kier alpha value is -3.98. The van der Waals surface area contributed by atoms with Gasteiger partial charge in [0.1, 0.15) is 16.2 Å². The number of anilines is 1. The van der Waals surface area contributed by atoms with Crippen molar-refractivity contribution in [1.29, 1.82) is 0 Å². The van der Waals surface area contributed by atoms with Crippen molar-refractivity contribution in [2.75, 3.05) is 18.1 Å². The number of aryl methyl sites for hydroxylation is 1. The van der Waals surface area contributed by atoms with E-state index in [4.69, 9.17) is 13.9 Å². The molecule has 1 aliphatic heterocycles. The van der Waals surface area contributed by atoms with Gasteiger partial charge < -0.3 is 13.9 Å². The number of carbonyl (C=O) groups is 2. The number of unbranched alkanes of at least 4 members (excludes halogenated alkanes) is 3. The summed E-state index contributed by atoms with van der Waals surface area (Å²) in [4.78, 5) is 46.3. The second-order valence-corrected chi connectivity index (χ2v) is 10.3. The van der Waals surface area contributed by atoms with Gasteiger partial charge in [0.25, 0.3) is 5.91 Å². The molecule has 0 saturated carbocycles. The SMILES string of the molecule is CCCCCCOc1ccc(C2c3c(oc4ccccc4c3=O)C(=O)N2c2nc(C)c(C(=O)OCC)s2)cc1. The summed E-state index contributed by atoms with van der Waals surface area (Å²) in [6, 6.07) is 13.5. The fourth-order valence-electron chi connectivity index (χ4n) is 4.77. The van der Waals surface area contributed by atoms with Crippen LogP contribution in [0.3, 0.4) is 0 Å². The van der Waals surface area contributed by atoms with Gasteiger partial charge in [-0.25, -0.2) is 9.78 Å². The van der Waals surface area contributed by atoms with Crippen molar-refractivity contribution < 1.29 is 23.5 Å². The molecule has 2 aromatic heterocycles. The van der Waals surface area contributed by atoms with E-state index in [0.717, 1.165) is 30.6 Å². The first kappa shape index (κ1) is 26.6. The normalized spacial score (nSPS) is 14.6. The highest BCUT2D eigenvalue weighted by Crippen LogP contribution is 2.43. The molecule has 4 aromatic rings. The Morgan fingerprint density at radius 1 is 1.05 bits per heavy atom. The van der Waals surface area contributed by atoms with Crippen molar-refractivity contribution in [3.8, 4) is 5.75 Å². The maximum Gasteiger partial charge on any atom is 0.350 e. The van der Waals surface area contributed by atoms with Gasteiger partial charge in [-0.15, -0.1) is 0 Å². The highest BCUT2D eigenvalue weighted by atomic mass is 32.1. The predicted molar refractivity (Wildman–Crippen MR) is 150 cm³/mol. The molecule has 2 aromatic carbocycles. The first-order valence-corrected chi connectivity index (χ1v) is 14.0. The number of esters is 1. The fraction of sp³-hybridized carbons (Fsp3) is 0.333. The van der Waals surface area contributed by atoms with E-state index in [-0.39, 0.29) is 28.5 Å². The summed E-state index contributed by atoms with van der Waals surface area (Å²) in [7, 11) is 0. The largest absolute Gasteiger partial charge is 0.494 e. The van der Waals surface area contributed by atoms with Crippen molar-refractivity contribution in [3.63, 3.8) is 0 Å². The average molecular weight is 547 g/mol. The summed E-state index contributed by atoms with van der Waals surface area (Å²) in [5.74, 6) is -0.296. The van der Waals surface area contributed by atoms with Crippen LogP contribution in [0, 0.1) is 6.92 Å². The van der Waals surface area contributed by atoms with Gasteiger partial charge in [0.15, 0.2) is 10.6 Å². The summed E-state index contributed by atoms with van der Waals surface area (Å²) >= 11 is 1.06. The molecule has 0 radical (unpaired) electrons. The standard InChI is InChI=1S/C30H30N2O6S/c1-4-6-7-10-17-37-20-15-13-19(14-16-20)24-23-25(33)21-11-8-9-12-22(21)38-26(23)28(34)32(24)30-31-18(3)27(39-30)29(35)36-5-2/h8-9,11-16,24H,4-7,10,17H2,1-3H3. The Bertz CT molecular complexity index is 1570. The van der Waals surface area contributed by atoms with Gasteiger partial charge in [0, 0.05) is 0 Å². The second-order valence-electron chi connectivity index (χ2n) is 9.36. The molecule has 8 nitrogen and oxygen atoms in total. The third-order valence-electron chi connectivity index (χ3n) is 6.69. The zero-order valence-corrected chi connectivity index (χ0v) is 23.0. The summed E-state index contributed by atoms with van der Waals surface area (Å²) in [5, 5.41) is 0.683. The van der Waals surface area contributed by atoms with Gasteiger partial charge in [0.2, 0.25) is 5.76 Å². The maximum atomic E-state index is 13.8. The number of hydrogen-bond acceptors (Lipinski definition) is 8. The Labute approximate surface area is 230 Å². The number of rotatable bonds is 10. The van der Waals surface area contributed by atoms with Crippen molar-refractivity contribution in [3.05, 3.63) is 86.2 Å². The van der Waals surface area contributed by atoms with Gasteiger partial charge in [-0.3, -0.25) is 14.5 Å². The van der Waals surface area contributed by atoms with Crippen molar-refractivity contribution in [2.24, 2.45) is 0 Å². The molecule has 0 bridgehead atoms. The third kappa shape index (κ3) is 5.06. The molecule has 1 atom stereocenters. The predicted octanol–water partition coefficient (Wildman–Crippen LogP) is 6.44. The molecule has 202 valence electrons. The highest BCUT2D eigenvalue weighted by molar-refractivity contribution is 7.17. The average Bonchev–Trinajstić information content (AvgIpc) is 3.46. The lowest BCUT2D eigenvalue weighted by Gasteiger charge is -2.22. The topological polar surface area (TPSA) is 98.9 Å². The third-order valence-corrected chi connectivity index (χ3v) is 7.83. The van der Waals surface area contributed by atoms with E-state index in [1.165, 1.54) is 11.3 Å². The van der Waals surface area contributed by atoms with Gasteiger partial charge in [0.05, 0.1) is 35.9 Å². The van der Waals surface area contributed by atoms with E-state index in [1.807, 2.05) is 24.3 Å². The Kier molecular flexibility index (Phi) is 7.79. The lowest BCUT2D eigenvalue weighted by atomic mass is 9.98. The van der Waals surface area contributed by atoms with Crippen LogP contribution in [0.2, 0.25) is 0 Å².